The first-order valence-electron chi connectivity index (χ1n) is 5.50. The molecule has 0 spiro atoms. The fraction of sp³-hybridized carbons (Fsp3) is 0.636. The van der Waals surface area contributed by atoms with Crippen molar-refractivity contribution in [2.45, 2.75) is 25.9 Å². The third-order valence-electron chi connectivity index (χ3n) is 2.43. The summed E-state index contributed by atoms with van der Waals surface area (Å²) in [6.45, 7) is 1.60. The molecule has 0 aliphatic rings. The maximum atomic E-state index is 11.4. The van der Waals surface area contributed by atoms with Crippen molar-refractivity contribution in [1.29, 1.82) is 0 Å². The highest BCUT2D eigenvalue weighted by Gasteiger charge is 2.05. The number of nitrogens with zero attached hydrogens (tertiary/aromatic N) is 3. The van der Waals surface area contributed by atoms with Gasteiger partial charge in [0.15, 0.2) is 0 Å². The number of imidazole rings is 1. The van der Waals surface area contributed by atoms with Gasteiger partial charge in [0.1, 0.15) is 5.82 Å². The first-order valence-corrected chi connectivity index (χ1v) is 5.50. The van der Waals surface area contributed by atoms with E-state index in [2.05, 4.69) is 14.9 Å². The molecular formula is C11H20N4O. The van der Waals surface area contributed by atoms with Crippen molar-refractivity contribution in [1.82, 2.24) is 19.8 Å². The summed E-state index contributed by atoms with van der Waals surface area (Å²) in [4.78, 5) is 17.2. The molecule has 1 amide bonds. The Bertz CT molecular complexity index is 332. The van der Waals surface area contributed by atoms with Gasteiger partial charge in [-0.15, -0.1) is 0 Å². The number of amides is 1. The lowest BCUT2D eigenvalue weighted by Crippen LogP contribution is -2.21. The molecule has 1 rings (SSSR count). The zero-order chi connectivity index (χ0) is 12.0. The highest BCUT2D eigenvalue weighted by atomic mass is 16.2. The first kappa shape index (κ1) is 12.7. The molecule has 1 aromatic heterocycles. The van der Waals surface area contributed by atoms with Gasteiger partial charge in [-0.2, -0.15) is 0 Å². The van der Waals surface area contributed by atoms with Gasteiger partial charge in [0.2, 0.25) is 5.91 Å². The third kappa shape index (κ3) is 3.66. The van der Waals surface area contributed by atoms with Crippen molar-refractivity contribution in [3.05, 3.63) is 18.2 Å². The molecule has 0 radical (unpaired) electrons. The summed E-state index contributed by atoms with van der Waals surface area (Å²) in [5.74, 6) is 1.19. The van der Waals surface area contributed by atoms with Crippen LogP contribution in [0.2, 0.25) is 0 Å². The summed E-state index contributed by atoms with van der Waals surface area (Å²) >= 11 is 0. The van der Waals surface area contributed by atoms with E-state index in [1.54, 1.807) is 25.2 Å². The molecule has 16 heavy (non-hydrogen) atoms. The molecule has 0 aliphatic heterocycles. The molecule has 90 valence electrons. The van der Waals surface area contributed by atoms with Crippen LogP contribution in [-0.2, 0) is 17.9 Å². The van der Waals surface area contributed by atoms with Crippen LogP contribution in [0.5, 0.6) is 0 Å². The molecule has 1 heterocycles. The second kappa shape index (κ2) is 6.27. The van der Waals surface area contributed by atoms with E-state index in [-0.39, 0.29) is 5.91 Å². The van der Waals surface area contributed by atoms with Crippen LogP contribution < -0.4 is 5.32 Å². The summed E-state index contributed by atoms with van der Waals surface area (Å²) in [5.41, 5.74) is 0. The molecular weight excluding hydrogens is 204 g/mol. The monoisotopic (exact) mass is 224 g/mol. The highest BCUT2D eigenvalue weighted by Crippen LogP contribution is 2.02. The topological polar surface area (TPSA) is 50.2 Å². The van der Waals surface area contributed by atoms with E-state index >= 15 is 0 Å². The van der Waals surface area contributed by atoms with Gasteiger partial charge in [-0.3, -0.25) is 4.79 Å². The van der Waals surface area contributed by atoms with Crippen LogP contribution >= 0.6 is 0 Å². The predicted octanol–water partition coefficient (Wildman–Crippen LogP) is 0.471. The summed E-state index contributed by atoms with van der Waals surface area (Å²) in [6, 6.07) is 0. The molecule has 0 bridgehead atoms. The smallest absolute Gasteiger partial charge is 0.222 e. The van der Waals surface area contributed by atoms with Gasteiger partial charge < -0.3 is 14.8 Å². The van der Waals surface area contributed by atoms with E-state index in [1.807, 2.05) is 13.2 Å². The van der Waals surface area contributed by atoms with E-state index in [0.29, 0.717) is 6.42 Å². The number of carbonyl (C=O) groups excluding carboxylic acids is 1. The van der Waals surface area contributed by atoms with Crippen molar-refractivity contribution < 1.29 is 4.79 Å². The molecule has 0 atom stereocenters. The Morgan fingerprint density at radius 2 is 2.31 bits per heavy atom. The van der Waals surface area contributed by atoms with Crippen LogP contribution in [-0.4, -0.2) is 41.5 Å². The molecule has 0 unspecified atom stereocenters. The third-order valence-corrected chi connectivity index (χ3v) is 2.43. The zero-order valence-electron chi connectivity index (χ0n) is 10.2. The lowest BCUT2D eigenvalue weighted by atomic mass is 10.3. The average Bonchev–Trinajstić information content (AvgIpc) is 2.66. The number of hydrogen-bond acceptors (Lipinski definition) is 3. The molecule has 0 saturated heterocycles. The van der Waals surface area contributed by atoms with Crippen LogP contribution in [0, 0.1) is 0 Å². The van der Waals surface area contributed by atoms with Gasteiger partial charge in [0.25, 0.3) is 0 Å². The van der Waals surface area contributed by atoms with Gasteiger partial charge in [0, 0.05) is 39.5 Å². The second-order valence-electron chi connectivity index (χ2n) is 3.96. The fourth-order valence-corrected chi connectivity index (χ4v) is 1.49. The molecule has 1 N–H and O–H groups in total. The quantitative estimate of drug-likeness (QED) is 0.764. The Morgan fingerprint density at radius 1 is 1.56 bits per heavy atom. The van der Waals surface area contributed by atoms with Gasteiger partial charge in [-0.25, -0.2) is 4.98 Å². The number of aromatic nitrogens is 2. The molecule has 5 heteroatoms. The SMILES string of the molecule is CNCc1nccn1CCCC(=O)N(C)C. The molecule has 0 fully saturated rings. The Balaban J connectivity index is 2.37. The van der Waals surface area contributed by atoms with E-state index in [9.17, 15) is 4.79 Å². The van der Waals surface area contributed by atoms with Crippen molar-refractivity contribution >= 4 is 5.91 Å². The number of carbonyl (C=O) groups is 1. The van der Waals surface area contributed by atoms with E-state index < -0.39 is 0 Å². The number of rotatable bonds is 6. The van der Waals surface area contributed by atoms with Crippen LogP contribution in [0.4, 0.5) is 0 Å². The fourth-order valence-electron chi connectivity index (χ4n) is 1.49. The number of nitrogens with one attached hydrogen (secondary N) is 1. The average molecular weight is 224 g/mol. The molecule has 5 nitrogen and oxygen atoms in total. The van der Waals surface area contributed by atoms with E-state index in [4.69, 9.17) is 0 Å². The zero-order valence-corrected chi connectivity index (χ0v) is 10.2. The summed E-state index contributed by atoms with van der Waals surface area (Å²) < 4.78 is 2.08. The second-order valence-corrected chi connectivity index (χ2v) is 3.96. The van der Waals surface area contributed by atoms with Crippen LogP contribution in [0.15, 0.2) is 12.4 Å². The van der Waals surface area contributed by atoms with Crippen LogP contribution in [0.25, 0.3) is 0 Å². The molecule has 0 aromatic carbocycles. The van der Waals surface area contributed by atoms with Crippen molar-refractivity contribution in [3.63, 3.8) is 0 Å². The minimum absolute atomic E-state index is 0.176. The maximum Gasteiger partial charge on any atom is 0.222 e. The maximum absolute atomic E-state index is 11.4. The van der Waals surface area contributed by atoms with Crippen LogP contribution in [0.1, 0.15) is 18.7 Å². The van der Waals surface area contributed by atoms with Crippen molar-refractivity contribution in [3.8, 4) is 0 Å². The number of aryl methyl sites for hydroxylation is 1. The van der Waals surface area contributed by atoms with E-state index in [0.717, 1.165) is 25.3 Å². The van der Waals surface area contributed by atoms with Crippen LogP contribution in [0.3, 0.4) is 0 Å². The van der Waals surface area contributed by atoms with Crippen molar-refractivity contribution in [2.75, 3.05) is 21.1 Å². The Labute approximate surface area is 96.5 Å². The summed E-state index contributed by atoms with van der Waals surface area (Å²) in [6.07, 6.45) is 5.18. The standard InChI is InChI=1S/C11H20N4O/c1-12-9-10-13-6-8-15(10)7-4-5-11(16)14(2)3/h6,8,12H,4-5,7,9H2,1-3H3. The largest absolute Gasteiger partial charge is 0.349 e. The Hall–Kier alpha value is -1.36. The van der Waals surface area contributed by atoms with Gasteiger partial charge in [-0.1, -0.05) is 0 Å². The Kier molecular flexibility index (Phi) is 4.98. The molecule has 1 aromatic rings. The lowest BCUT2D eigenvalue weighted by Gasteiger charge is -2.11. The van der Waals surface area contributed by atoms with Crippen molar-refractivity contribution in [2.24, 2.45) is 0 Å². The first-order chi connectivity index (χ1) is 7.65. The van der Waals surface area contributed by atoms with Gasteiger partial charge >= 0.3 is 0 Å². The van der Waals surface area contributed by atoms with Gasteiger partial charge in [-0.05, 0) is 13.5 Å². The van der Waals surface area contributed by atoms with Gasteiger partial charge in [0.05, 0.1) is 6.54 Å². The minimum atomic E-state index is 0.176. The lowest BCUT2D eigenvalue weighted by molar-refractivity contribution is -0.128. The molecule has 0 saturated carbocycles. The minimum Gasteiger partial charge on any atom is -0.349 e. The normalized spacial score (nSPS) is 10.4. The predicted molar refractivity (Wildman–Crippen MR) is 62.9 cm³/mol. The Morgan fingerprint density at radius 3 is 2.94 bits per heavy atom. The summed E-state index contributed by atoms with van der Waals surface area (Å²) in [7, 11) is 5.46. The molecule has 0 aliphatic carbocycles. The highest BCUT2D eigenvalue weighted by molar-refractivity contribution is 5.75. The summed E-state index contributed by atoms with van der Waals surface area (Å²) in [5, 5.41) is 3.07. The number of hydrogen-bond donors (Lipinski definition) is 1. The van der Waals surface area contributed by atoms with E-state index in [1.165, 1.54) is 0 Å².